The van der Waals surface area contributed by atoms with Crippen molar-refractivity contribution >= 4 is 8.25 Å². The van der Waals surface area contributed by atoms with E-state index in [1.54, 1.807) is 13.8 Å². The second-order valence-electron chi connectivity index (χ2n) is 1.16. The van der Waals surface area contributed by atoms with Crippen molar-refractivity contribution in [3.63, 3.8) is 0 Å². The van der Waals surface area contributed by atoms with Gasteiger partial charge in [-0.2, -0.15) is 0 Å². The molecule has 0 unspecified atom stereocenters. The largest absolute Gasteiger partial charge is 0.435 e. The van der Waals surface area contributed by atoms with Crippen LogP contribution in [0.3, 0.4) is 0 Å². The highest BCUT2D eigenvalue weighted by Crippen LogP contribution is 2.21. The van der Waals surface area contributed by atoms with Crippen LogP contribution >= 0.6 is 8.25 Å². The summed E-state index contributed by atoms with van der Waals surface area (Å²) < 4.78 is 19.2. The molecule has 0 amide bonds. The van der Waals surface area contributed by atoms with Crippen LogP contribution in [0.5, 0.6) is 0 Å². The van der Waals surface area contributed by atoms with Gasteiger partial charge < -0.3 is 9.05 Å². The molecule has 10 heavy (non-hydrogen) atoms. The van der Waals surface area contributed by atoms with Crippen LogP contribution in [0.2, 0.25) is 0 Å². The zero-order valence-corrected chi connectivity index (χ0v) is 6.72. The van der Waals surface area contributed by atoms with Crippen molar-refractivity contribution in [3.8, 4) is 24.1 Å². The molecule has 0 bridgehead atoms. The van der Waals surface area contributed by atoms with Gasteiger partial charge in [-0.1, -0.05) is 11.8 Å². The van der Waals surface area contributed by atoms with E-state index in [-0.39, 0.29) is 0 Å². The SMILES string of the molecule is CC#CO[PH](=O)OC#CC. The molecule has 0 aromatic carbocycles. The average Bonchev–Trinajstić information content (AvgIpc) is 1.97. The first-order valence-corrected chi connectivity index (χ1v) is 3.75. The van der Waals surface area contributed by atoms with E-state index in [4.69, 9.17) is 0 Å². The van der Waals surface area contributed by atoms with Crippen molar-refractivity contribution in [3.05, 3.63) is 0 Å². The zero-order chi connectivity index (χ0) is 7.82. The summed E-state index contributed by atoms with van der Waals surface area (Å²) in [7, 11) is -2.51. The summed E-state index contributed by atoms with van der Waals surface area (Å²) in [5.41, 5.74) is 0. The first kappa shape index (κ1) is 8.95. The monoisotopic (exact) mass is 158 g/mol. The lowest BCUT2D eigenvalue weighted by atomic mass is 10.8. The minimum absolute atomic E-state index is 1.57. The molecule has 4 heteroatoms. The zero-order valence-electron chi connectivity index (χ0n) is 5.72. The number of hydrogen-bond acceptors (Lipinski definition) is 3. The molecule has 0 aromatic heterocycles. The summed E-state index contributed by atoms with van der Waals surface area (Å²) in [6, 6.07) is 0. The van der Waals surface area contributed by atoms with Gasteiger partial charge in [0, 0.05) is 13.8 Å². The maximum absolute atomic E-state index is 10.5. The Morgan fingerprint density at radius 3 is 1.80 bits per heavy atom. The van der Waals surface area contributed by atoms with Crippen LogP contribution in [-0.4, -0.2) is 0 Å². The molecule has 0 spiro atoms. The third-order valence-electron chi connectivity index (χ3n) is 0.473. The van der Waals surface area contributed by atoms with Crippen LogP contribution in [0.15, 0.2) is 0 Å². The second-order valence-corrected chi connectivity index (χ2v) is 2.07. The molecule has 0 aliphatic carbocycles. The third kappa shape index (κ3) is 5.09. The lowest BCUT2D eigenvalue weighted by Crippen LogP contribution is -1.68. The molecular weight excluding hydrogens is 151 g/mol. The Bertz CT molecular complexity index is 201. The van der Waals surface area contributed by atoms with Crippen LogP contribution < -0.4 is 0 Å². The van der Waals surface area contributed by atoms with Crippen LogP contribution in [0.25, 0.3) is 0 Å². The Balaban J connectivity index is 3.58. The van der Waals surface area contributed by atoms with Gasteiger partial charge in [0.2, 0.25) is 0 Å². The van der Waals surface area contributed by atoms with Crippen molar-refractivity contribution in [1.29, 1.82) is 0 Å². The van der Waals surface area contributed by atoms with Crippen molar-refractivity contribution in [2.45, 2.75) is 13.8 Å². The van der Waals surface area contributed by atoms with E-state index in [9.17, 15) is 4.57 Å². The molecule has 0 aromatic rings. The van der Waals surface area contributed by atoms with E-state index in [1.165, 1.54) is 0 Å². The Kier molecular flexibility index (Phi) is 5.44. The Hall–Kier alpha value is -1.05. The summed E-state index contributed by atoms with van der Waals surface area (Å²) in [6.45, 7) is 3.14. The highest BCUT2D eigenvalue weighted by molar-refractivity contribution is 7.33. The minimum atomic E-state index is -2.51. The molecule has 3 nitrogen and oxygen atoms in total. The second kappa shape index (κ2) is 6.08. The van der Waals surface area contributed by atoms with E-state index >= 15 is 0 Å². The molecular formula is C6H7O3P. The van der Waals surface area contributed by atoms with E-state index in [0.29, 0.717) is 0 Å². The quantitative estimate of drug-likeness (QED) is 0.449. The summed E-state index contributed by atoms with van der Waals surface area (Å²) >= 11 is 0. The summed E-state index contributed by atoms with van der Waals surface area (Å²) in [5, 5.41) is 0. The molecule has 0 heterocycles. The fraction of sp³-hybridized carbons (Fsp3) is 0.333. The Labute approximate surface area is 60.7 Å². The molecule has 0 radical (unpaired) electrons. The van der Waals surface area contributed by atoms with Crippen molar-refractivity contribution in [2.75, 3.05) is 0 Å². The summed E-state index contributed by atoms with van der Waals surface area (Å²) in [5.74, 6) is 4.80. The molecule has 0 N–H and O–H groups in total. The number of rotatable bonds is 2. The fourth-order valence-corrected chi connectivity index (χ4v) is 0.619. The summed E-state index contributed by atoms with van der Waals surface area (Å²) in [4.78, 5) is 0. The first-order valence-electron chi connectivity index (χ1n) is 2.52. The van der Waals surface area contributed by atoms with Gasteiger partial charge in [0.1, 0.15) is 12.2 Å². The fourth-order valence-electron chi connectivity index (χ4n) is 0.206. The highest BCUT2D eigenvalue weighted by Gasteiger charge is 1.91. The smallest absolute Gasteiger partial charge is 0.364 e. The molecule has 0 fully saturated rings. The highest BCUT2D eigenvalue weighted by atomic mass is 31.1. The standard InChI is InChI=1S/C6H7O3P/c1-3-5-8-10(7)9-6-4-2/h10H,1-2H3. The lowest BCUT2D eigenvalue weighted by molar-refractivity contribution is 0.383. The molecule has 0 saturated heterocycles. The maximum atomic E-state index is 10.5. The molecule has 0 rings (SSSR count). The van der Waals surface area contributed by atoms with E-state index < -0.39 is 8.25 Å². The van der Waals surface area contributed by atoms with Crippen molar-refractivity contribution < 1.29 is 13.6 Å². The van der Waals surface area contributed by atoms with Gasteiger partial charge in [-0.25, -0.2) is 4.57 Å². The number of hydrogen-bond donors (Lipinski definition) is 0. The van der Waals surface area contributed by atoms with Gasteiger partial charge in [-0.05, 0) is 0 Å². The predicted octanol–water partition coefficient (Wildman–Crippen LogP) is 1.37. The molecule has 54 valence electrons. The Morgan fingerprint density at radius 2 is 1.50 bits per heavy atom. The predicted molar refractivity (Wildman–Crippen MR) is 38.1 cm³/mol. The molecule has 0 saturated carbocycles. The normalized spacial score (nSPS) is 6.70. The van der Waals surface area contributed by atoms with Crippen molar-refractivity contribution in [1.82, 2.24) is 0 Å². The van der Waals surface area contributed by atoms with Crippen LogP contribution in [-0.2, 0) is 13.6 Å². The van der Waals surface area contributed by atoms with Gasteiger partial charge in [-0.3, -0.25) is 0 Å². The van der Waals surface area contributed by atoms with Crippen LogP contribution in [0.4, 0.5) is 0 Å². The molecule has 0 aliphatic rings. The van der Waals surface area contributed by atoms with E-state index in [0.717, 1.165) is 0 Å². The van der Waals surface area contributed by atoms with E-state index in [1.807, 2.05) is 0 Å². The van der Waals surface area contributed by atoms with Gasteiger partial charge in [0.15, 0.2) is 0 Å². The first-order chi connectivity index (χ1) is 4.81. The van der Waals surface area contributed by atoms with Gasteiger partial charge in [0.25, 0.3) is 0 Å². The van der Waals surface area contributed by atoms with Crippen LogP contribution in [0, 0.1) is 24.1 Å². The van der Waals surface area contributed by atoms with Gasteiger partial charge >= 0.3 is 8.25 Å². The molecule has 0 aliphatic heterocycles. The Morgan fingerprint density at radius 1 is 1.10 bits per heavy atom. The topological polar surface area (TPSA) is 35.5 Å². The van der Waals surface area contributed by atoms with E-state index in [2.05, 4.69) is 33.1 Å². The van der Waals surface area contributed by atoms with Gasteiger partial charge in [-0.15, -0.1) is 0 Å². The third-order valence-corrected chi connectivity index (χ3v) is 1.01. The lowest BCUT2D eigenvalue weighted by Gasteiger charge is -1.91. The maximum Gasteiger partial charge on any atom is 0.435 e. The average molecular weight is 158 g/mol. The minimum Gasteiger partial charge on any atom is -0.364 e. The summed E-state index contributed by atoms with van der Waals surface area (Å²) in [6.07, 6.45) is 4.29. The van der Waals surface area contributed by atoms with Crippen molar-refractivity contribution in [2.24, 2.45) is 0 Å². The van der Waals surface area contributed by atoms with Gasteiger partial charge in [0.05, 0.1) is 0 Å². The van der Waals surface area contributed by atoms with Crippen LogP contribution in [0.1, 0.15) is 13.8 Å². The molecule has 0 atom stereocenters.